The minimum atomic E-state index is 0.850. The summed E-state index contributed by atoms with van der Waals surface area (Å²) in [6.07, 6.45) is 2.87. The summed E-state index contributed by atoms with van der Waals surface area (Å²) < 4.78 is 0. The molecular weight excluding hydrogens is 178 g/mol. The highest BCUT2D eigenvalue weighted by atomic mass is 32.2. The third-order valence-corrected chi connectivity index (χ3v) is 2.30. The van der Waals surface area contributed by atoms with Gasteiger partial charge in [0.25, 0.3) is 0 Å². The number of benzene rings is 1. The van der Waals surface area contributed by atoms with Crippen LogP contribution in [0.5, 0.6) is 0 Å². The van der Waals surface area contributed by atoms with Crippen molar-refractivity contribution in [3.63, 3.8) is 0 Å². The quantitative estimate of drug-likeness (QED) is 0.798. The third kappa shape index (κ3) is 3.55. The van der Waals surface area contributed by atoms with E-state index in [-0.39, 0.29) is 0 Å². The van der Waals surface area contributed by atoms with Gasteiger partial charge in [-0.05, 0) is 24.2 Å². The Balaban J connectivity index is 2.69. The standard InChI is InChI=1S/C11H15NS/c1-9-4-3-5-10(6-9)7-11(12)8-13-2/h3-6,8H,7,12H2,1-2H3/b11-8-. The zero-order chi connectivity index (χ0) is 9.68. The molecule has 0 atom stereocenters. The molecule has 0 saturated carbocycles. The molecule has 0 saturated heterocycles. The number of nitrogens with two attached hydrogens (primary N) is 1. The molecule has 0 aromatic heterocycles. The minimum Gasteiger partial charge on any atom is -0.401 e. The molecule has 1 rings (SSSR count). The average Bonchev–Trinajstić information content (AvgIpc) is 2.04. The summed E-state index contributed by atoms with van der Waals surface area (Å²) in [5.74, 6) is 0. The molecule has 0 fully saturated rings. The van der Waals surface area contributed by atoms with Crippen LogP contribution in [-0.2, 0) is 6.42 Å². The molecule has 2 N–H and O–H groups in total. The molecule has 0 radical (unpaired) electrons. The lowest BCUT2D eigenvalue weighted by Gasteiger charge is -2.02. The van der Waals surface area contributed by atoms with Crippen molar-refractivity contribution in [1.82, 2.24) is 0 Å². The van der Waals surface area contributed by atoms with E-state index in [9.17, 15) is 0 Å². The molecule has 0 aliphatic carbocycles. The van der Waals surface area contributed by atoms with E-state index >= 15 is 0 Å². The number of allylic oxidation sites excluding steroid dienone is 1. The summed E-state index contributed by atoms with van der Waals surface area (Å²) in [5.41, 5.74) is 9.30. The van der Waals surface area contributed by atoms with Gasteiger partial charge in [-0.1, -0.05) is 29.8 Å². The third-order valence-electron chi connectivity index (χ3n) is 1.76. The molecule has 0 aliphatic heterocycles. The normalized spacial score (nSPS) is 11.7. The molecule has 13 heavy (non-hydrogen) atoms. The second kappa shape index (κ2) is 4.97. The summed E-state index contributed by atoms with van der Waals surface area (Å²) >= 11 is 1.65. The van der Waals surface area contributed by atoms with Crippen LogP contribution in [0.15, 0.2) is 35.4 Å². The van der Waals surface area contributed by atoms with E-state index in [2.05, 4.69) is 31.2 Å². The van der Waals surface area contributed by atoms with Crippen molar-refractivity contribution in [3.8, 4) is 0 Å². The predicted molar refractivity (Wildman–Crippen MR) is 60.7 cm³/mol. The highest BCUT2D eigenvalue weighted by Crippen LogP contribution is 2.09. The van der Waals surface area contributed by atoms with E-state index in [0.29, 0.717) is 0 Å². The van der Waals surface area contributed by atoms with Gasteiger partial charge in [0.1, 0.15) is 0 Å². The van der Waals surface area contributed by atoms with Crippen LogP contribution in [0.3, 0.4) is 0 Å². The first-order valence-corrected chi connectivity index (χ1v) is 5.54. The molecule has 2 heteroatoms. The summed E-state index contributed by atoms with van der Waals surface area (Å²) in [5, 5.41) is 1.99. The van der Waals surface area contributed by atoms with Gasteiger partial charge in [-0.2, -0.15) is 0 Å². The summed E-state index contributed by atoms with van der Waals surface area (Å²) in [7, 11) is 0. The zero-order valence-electron chi connectivity index (χ0n) is 8.08. The molecule has 0 bridgehead atoms. The van der Waals surface area contributed by atoms with E-state index in [1.807, 2.05) is 11.7 Å². The maximum atomic E-state index is 5.81. The first-order chi connectivity index (χ1) is 6.22. The first kappa shape index (κ1) is 10.2. The van der Waals surface area contributed by atoms with Gasteiger partial charge in [0.15, 0.2) is 0 Å². The molecule has 0 amide bonds. The fourth-order valence-corrected chi connectivity index (χ4v) is 1.64. The number of hydrogen-bond acceptors (Lipinski definition) is 2. The van der Waals surface area contributed by atoms with Crippen molar-refractivity contribution in [2.75, 3.05) is 6.26 Å². The van der Waals surface area contributed by atoms with Crippen molar-refractivity contribution in [2.45, 2.75) is 13.3 Å². The van der Waals surface area contributed by atoms with Gasteiger partial charge in [-0.25, -0.2) is 0 Å². The van der Waals surface area contributed by atoms with Crippen LogP contribution in [0.1, 0.15) is 11.1 Å². The Hall–Kier alpha value is -0.890. The van der Waals surface area contributed by atoms with Crippen LogP contribution in [0.4, 0.5) is 0 Å². The van der Waals surface area contributed by atoms with Crippen LogP contribution in [-0.4, -0.2) is 6.26 Å². The van der Waals surface area contributed by atoms with E-state index in [1.54, 1.807) is 11.8 Å². The van der Waals surface area contributed by atoms with Crippen molar-refractivity contribution in [2.24, 2.45) is 5.73 Å². The van der Waals surface area contributed by atoms with Crippen LogP contribution in [0.2, 0.25) is 0 Å². The molecular formula is C11H15NS. The van der Waals surface area contributed by atoms with Crippen LogP contribution < -0.4 is 5.73 Å². The lowest BCUT2D eigenvalue weighted by atomic mass is 10.1. The smallest absolute Gasteiger partial charge is 0.0189 e. The van der Waals surface area contributed by atoms with Crippen molar-refractivity contribution >= 4 is 11.8 Å². The van der Waals surface area contributed by atoms with Crippen molar-refractivity contribution in [1.29, 1.82) is 0 Å². The molecule has 0 spiro atoms. The Morgan fingerprint density at radius 2 is 2.31 bits per heavy atom. The van der Waals surface area contributed by atoms with Crippen LogP contribution in [0, 0.1) is 6.92 Å². The summed E-state index contributed by atoms with van der Waals surface area (Å²) in [4.78, 5) is 0. The van der Waals surface area contributed by atoms with Crippen molar-refractivity contribution < 1.29 is 0 Å². The SMILES string of the molecule is CS/C=C(\N)Cc1cccc(C)c1. The highest BCUT2D eigenvalue weighted by molar-refractivity contribution is 8.01. The van der Waals surface area contributed by atoms with Gasteiger partial charge in [0.2, 0.25) is 0 Å². The second-order valence-electron chi connectivity index (χ2n) is 3.09. The van der Waals surface area contributed by atoms with E-state index < -0.39 is 0 Å². The first-order valence-electron chi connectivity index (χ1n) is 4.25. The molecule has 0 aliphatic rings. The lowest BCUT2D eigenvalue weighted by molar-refractivity contribution is 1.11. The number of rotatable bonds is 3. The largest absolute Gasteiger partial charge is 0.401 e. The lowest BCUT2D eigenvalue weighted by Crippen LogP contribution is -2.00. The van der Waals surface area contributed by atoms with Crippen LogP contribution >= 0.6 is 11.8 Å². The van der Waals surface area contributed by atoms with Gasteiger partial charge in [-0.15, -0.1) is 11.8 Å². The molecule has 70 valence electrons. The van der Waals surface area contributed by atoms with E-state index in [1.165, 1.54) is 11.1 Å². The topological polar surface area (TPSA) is 26.0 Å². The molecule has 1 aromatic carbocycles. The highest BCUT2D eigenvalue weighted by Gasteiger charge is 1.94. The maximum Gasteiger partial charge on any atom is 0.0189 e. The Morgan fingerprint density at radius 3 is 2.92 bits per heavy atom. The molecule has 0 unspecified atom stereocenters. The monoisotopic (exact) mass is 193 g/mol. The van der Waals surface area contributed by atoms with E-state index in [4.69, 9.17) is 5.73 Å². The Bertz CT molecular complexity index is 305. The Labute approximate surface area is 84.0 Å². The summed E-state index contributed by atoms with van der Waals surface area (Å²) in [6.45, 7) is 2.10. The summed E-state index contributed by atoms with van der Waals surface area (Å²) in [6, 6.07) is 8.43. The number of hydrogen-bond donors (Lipinski definition) is 1. The Morgan fingerprint density at radius 1 is 1.54 bits per heavy atom. The van der Waals surface area contributed by atoms with Gasteiger partial charge in [0.05, 0.1) is 0 Å². The van der Waals surface area contributed by atoms with Gasteiger partial charge >= 0.3 is 0 Å². The fraction of sp³-hybridized carbons (Fsp3) is 0.273. The fourth-order valence-electron chi connectivity index (χ4n) is 1.25. The number of aryl methyl sites for hydroxylation is 1. The van der Waals surface area contributed by atoms with Crippen LogP contribution in [0.25, 0.3) is 0 Å². The van der Waals surface area contributed by atoms with Gasteiger partial charge in [-0.3, -0.25) is 0 Å². The minimum absolute atomic E-state index is 0.850. The number of thioether (sulfide) groups is 1. The molecule has 0 heterocycles. The Kier molecular flexibility index (Phi) is 3.90. The molecule has 1 nitrogen and oxygen atoms in total. The van der Waals surface area contributed by atoms with Crippen molar-refractivity contribution in [3.05, 3.63) is 46.5 Å². The second-order valence-corrected chi connectivity index (χ2v) is 3.80. The average molecular weight is 193 g/mol. The van der Waals surface area contributed by atoms with Gasteiger partial charge < -0.3 is 5.73 Å². The van der Waals surface area contributed by atoms with Gasteiger partial charge in [0, 0.05) is 12.1 Å². The molecule has 1 aromatic rings. The maximum absolute atomic E-state index is 5.81. The predicted octanol–water partition coefficient (Wildman–Crippen LogP) is 2.70. The zero-order valence-corrected chi connectivity index (χ0v) is 8.90. The van der Waals surface area contributed by atoms with E-state index in [0.717, 1.165) is 12.1 Å².